The maximum atomic E-state index is 11.2. The first-order valence-electron chi connectivity index (χ1n) is 7.54. The van der Waals surface area contributed by atoms with Crippen molar-refractivity contribution < 1.29 is 10.2 Å². The molecule has 4 radical (unpaired) electrons. The summed E-state index contributed by atoms with van der Waals surface area (Å²) in [5, 5.41) is 19.5. The summed E-state index contributed by atoms with van der Waals surface area (Å²) in [6.07, 6.45) is 4.49. The van der Waals surface area contributed by atoms with E-state index in [4.69, 9.17) is 15.7 Å². The molecule has 1 atom stereocenters. The third-order valence-electron chi connectivity index (χ3n) is 4.72. The molecule has 1 saturated carbocycles. The van der Waals surface area contributed by atoms with Gasteiger partial charge in [-0.25, -0.2) is 0 Å². The van der Waals surface area contributed by atoms with Crippen molar-refractivity contribution in [3.63, 3.8) is 0 Å². The van der Waals surface area contributed by atoms with E-state index in [1.54, 1.807) is 29.2 Å². The Labute approximate surface area is 130 Å². The van der Waals surface area contributed by atoms with Gasteiger partial charge in [-0.3, -0.25) is 0 Å². The van der Waals surface area contributed by atoms with E-state index in [2.05, 4.69) is 0 Å². The first kappa shape index (κ1) is 16.4. The van der Waals surface area contributed by atoms with Crippen molar-refractivity contribution in [1.82, 2.24) is 4.90 Å². The predicted octanol–water partition coefficient (Wildman–Crippen LogP) is 1.72. The molecule has 21 heavy (non-hydrogen) atoms. The van der Waals surface area contributed by atoms with Gasteiger partial charge in [0, 0.05) is 5.92 Å². The fraction of sp³-hybridized carbons (Fsp3) is 0.625. The normalized spacial score (nSPS) is 20.4. The zero-order valence-corrected chi connectivity index (χ0v) is 12.9. The van der Waals surface area contributed by atoms with Crippen molar-refractivity contribution in [1.29, 1.82) is 0 Å². The van der Waals surface area contributed by atoms with Gasteiger partial charge in [0.05, 0.1) is 21.3 Å². The van der Waals surface area contributed by atoms with E-state index < -0.39 is 16.9 Å². The summed E-state index contributed by atoms with van der Waals surface area (Å²) in [5.74, 6) is -0.224. The van der Waals surface area contributed by atoms with E-state index in [1.165, 1.54) is 0 Å². The summed E-state index contributed by atoms with van der Waals surface area (Å²) in [6.45, 7) is 0. The molecule has 3 nitrogen and oxygen atoms in total. The maximum absolute atomic E-state index is 11.2. The highest BCUT2D eigenvalue weighted by molar-refractivity contribution is 6.40. The minimum atomic E-state index is -1.16. The van der Waals surface area contributed by atoms with E-state index in [0.717, 1.165) is 24.8 Å². The topological polar surface area (TPSA) is 43.7 Å². The highest BCUT2D eigenvalue weighted by Gasteiger charge is 2.46. The molecular formula is C16H23B2NO2. The standard InChI is InChI=1S/C16H23B2NO2/c1-19(2)16(17,18)14(12-6-8-13(20)9-7-12)15(21)10-4-3-5-11-15/h6-9,14,20-21H,3-5,10-11H2,1-2H3. The lowest BCUT2D eigenvalue weighted by Gasteiger charge is -2.51. The van der Waals surface area contributed by atoms with Crippen molar-refractivity contribution in [2.45, 2.75) is 49.0 Å². The van der Waals surface area contributed by atoms with Crippen LogP contribution < -0.4 is 0 Å². The van der Waals surface area contributed by atoms with Gasteiger partial charge in [0.25, 0.3) is 0 Å². The Balaban J connectivity index is 2.46. The molecule has 1 aromatic rings. The Morgan fingerprint density at radius 2 is 1.62 bits per heavy atom. The summed E-state index contributed by atoms with van der Waals surface area (Å²) in [6, 6.07) is 6.82. The van der Waals surface area contributed by atoms with Crippen LogP contribution in [0, 0.1) is 0 Å². The van der Waals surface area contributed by atoms with Gasteiger partial charge in [-0.2, -0.15) is 0 Å². The van der Waals surface area contributed by atoms with Crippen LogP contribution in [0.4, 0.5) is 0 Å². The second kappa shape index (κ2) is 6.05. The molecule has 1 unspecified atom stereocenters. The fourth-order valence-corrected chi connectivity index (χ4v) is 3.39. The second-order valence-electron chi connectivity index (χ2n) is 6.47. The van der Waals surface area contributed by atoms with Crippen molar-refractivity contribution in [2.75, 3.05) is 14.1 Å². The van der Waals surface area contributed by atoms with Crippen LogP contribution >= 0.6 is 0 Å². The highest BCUT2D eigenvalue weighted by Crippen LogP contribution is 2.45. The number of phenols is 1. The van der Waals surface area contributed by atoms with Gasteiger partial charge in [-0.15, -0.1) is 0 Å². The Bertz CT molecular complexity index is 468. The summed E-state index contributed by atoms with van der Waals surface area (Å²) in [5.41, 5.74) is -0.0564. The Morgan fingerprint density at radius 3 is 2.10 bits per heavy atom. The zero-order chi connectivity index (χ0) is 15.7. The Kier molecular flexibility index (Phi) is 4.74. The molecule has 1 aliphatic rings. The molecule has 0 aromatic heterocycles. The van der Waals surface area contributed by atoms with Crippen molar-refractivity contribution in [3.8, 4) is 5.75 Å². The van der Waals surface area contributed by atoms with Crippen LogP contribution in [0.25, 0.3) is 0 Å². The average molecular weight is 283 g/mol. The molecule has 0 heterocycles. The summed E-state index contributed by atoms with van der Waals surface area (Å²) in [4.78, 5) is 1.75. The number of hydrogen-bond acceptors (Lipinski definition) is 3. The number of nitrogens with zero attached hydrogens (tertiary/aromatic N) is 1. The lowest BCUT2D eigenvalue weighted by Crippen LogP contribution is -2.58. The minimum absolute atomic E-state index is 0.192. The molecule has 110 valence electrons. The van der Waals surface area contributed by atoms with Crippen LogP contribution in [0.1, 0.15) is 43.6 Å². The van der Waals surface area contributed by atoms with Gasteiger partial charge >= 0.3 is 0 Å². The molecule has 0 spiro atoms. The molecule has 0 bridgehead atoms. The monoisotopic (exact) mass is 283 g/mol. The predicted molar refractivity (Wildman–Crippen MR) is 86.8 cm³/mol. The SMILES string of the molecule is [B]C([B])(C(c1ccc(O)cc1)C1(O)CCCCC1)N(C)C. The lowest BCUT2D eigenvalue weighted by atomic mass is 9.48. The van der Waals surface area contributed by atoms with Gasteiger partial charge in [-0.05, 0) is 50.0 Å². The fourth-order valence-electron chi connectivity index (χ4n) is 3.39. The van der Waals surface area contributed by atoms with E-state index in [0.29, 0.717) is 12.8 Å². The molecule has 2 N–H and O–H groups in total. The van der Waals surface area contributed by atoms with Crippen LogP contribution in [0.5, 0.6) is 5.75 Å². The molecule has 2 rings (SSSR count). The summed E-state index contributed by atoms with van der Waals surface area (Å²) in [7, 11) is 16.4. The van der Waals surface area contributed by atoms with Crippen molar-refractivity contribution in [2.24, 2.45) is 0 Å². The van der Waals surface area contributed by atoms with Crippen molar-refractivity contribution in [3.05, 3.63) is 29.8 Å². The molecule has 1 fully saturated rings. The lowest BCUT2D eigenvalue weighted by molar-refractivity contribution is -0.0389. The number of phenolic OH excluding ortho intramolecular Hbond substituents is 1. The number of rotatable bonds is 4. The van der Waals surface area contributed by atoms with Gasteiger partial charge in [0.15, 0.2) is 0 Å². The summed E-state index contributed by atoms with van der Waals surface area (Å²) >= 11 is 0. The van der Waals surface area contributed by atoms with E-state index in [9.17, 15) is 10.2 Å². The number of aromatic hydroxyl groups is 1. The molecule has 0 aliphatic heterocycles. The van der Waals surface area contributed by atoms with Crippen LogP contribution in [0.3, 0.4) is 0 Å². The first-order valence-corrected chi connectivity index (χ1v) is 7.54. The van der Waals surface area contributed by atoms with Crippen LogP contribution in [-0.4, -0.2) is 55.8 Å². The molecule has 1 aromatic carbocycles. The van der Waals surface area contributed by atoms with Crippen LogP contribution in [-0.2, 0) is 0 Å². The molecular weight excluding hydrogens is 260 g/mol. The van der Waals surface area contributed by atoms with E-state index in [-0.39, 0.29) is 5.75 Å². The summed E-state index contributed by atoms with van der Waals surface area (Å²) < 4.78 is 0. The van der Waals surface area contributed by atoms with Gasteiger partial charge in [0.1, 0.15) is 5.75 Å². The zero-order valence-electron chi connectivity index (χ0n) is 12.9. The van der Waals surface area contributed by atoms with Gasteiger partial charge in [-0.1, -0.05) is 31.4 Å². The Morgan fingerprint density at radius 1 is 1.10 bits per heavy atom. The number of likely N-dealkylation sites (N-methyl/N-ethyl adjacent to an activating group) is 1. The third-order valence-corrected chi connectivity index (χ3v) is 4.72. The quantitative estimate of drug-likeness (QED) is 0.827. The van der Waals surface area contributed by atoms with E-state index in [1.807, 2.05) is 14.1 Å². The number of aliphatic hydroxyl groups is 1. The average Bonchev–Trinajstić information content (AvgIpc) is 2.41. The minimum Gasteiger partial charge on any atom is -0.508 e. The first-order chi connectivity index (χ1) is 9.77. The molecule has 0 saturated heterocycles. The van der Waals surface area contributed by atoms with Crippen molar-refractivity contribution >= 4 is 15.7 Å². The number of hydrogen-bond donors (Lipinski definition) is 2. The smallest absolute Gasteiger partial charge is 0.115 e. The van der Waals surface area contributed by atoms with Gasteiger partial charge in [0.2, 0.25) is 0 Å². The maximum Gasteiger partial charge on any atom is 0.115 e. The molecule has 1 aliphatic carbocycles. The van der Waals surface area contributed by atoms with Crippen LogP contribution in [0.15, 0.2) is 24.3 Å². The molecule has 0 amide bonds. The van der Waals surface area contributed by atoms with Crippen LogP contribution in [0.2, 0.25) is 0 Å². The third kappa shape index (κ3) is 3.29. The van der Waals surface area contributed by atoms with Gasteiger partial charge < -0.3 is 15.1 Å². The Hall–Kier alpha value is -0.930. The molecule has 5 heteroatoms. The van der Waals surface area contributed by atoms with E-state index >= 15 is 0 Å². The second-order valence-corrected chi connectivity index (χ2v) is 6.47. The highest BCUT2D eigenvalue weighted by atomic mass is 16.3. The number of benzene rings is 1. The largest absolute Gasteiger partial charge is 0.508 e.